The monoisotopic (exact) mass is 289 g/mol. The summed E-state index contributed by atoms with van der Waals surface area (Å²) in [6.07, 6.45) is 0.955. The van der Waals surface area contributed by atoms with Gasteiger partial charge in [-0.05, 0) is 50.8 Å². The van der Waals surface area contributed by atoms with Crippen LogP contribution in [0.1, 0.15) is 32.8 Å². The second-order valence-electron chi connectivity index (χ2n) is 7.15. The molecule has 1 aliphatic heterocycles. The maximum atomic E-state index is 12.2. The van der Waals surface area contributed by atoms with Gasteiger partial charge in [-0.15, -0.1) is 0 Å². The van der Waals surface area contributed by atoms with Crippen molar-refractivity contribution in [1.29, 1.82) is 0 Å². The van der Waals surface area contributed by atoms with Crippen LogP contribution in [-0.2, 0) is 10.2 Å². The summed E-state index contributed by atoms with van der Waals surface area (Å²) < 4.78 is 10.8. The third-order valence-electron chi connectivity index (χ3n) is 4.44. The summed E-state index contributed by atoms with van der Waals surface area (Å²) >= 11 is 0. The molecule has 1 heterocycles. The number of rotatable bonds is 2. The van der Waals surface area contributed by atoms with Gasteiger partial charge in [0.2, 0.25) is 0 Å². The van der Waals surface area contributed by atoms with Crippen LogP contribution in [0.25, 0.3) is 0 Å². The molecule has 0 N–H and O–H groups in total. The number of ether oxygens (including phenoxy) is 2. The van der Waals surface area contributed by atoms with Gasteiger partial charge in [0.05, 0.1) is 7.11 Å². The molecule has 0 spiro atoms. The van der Waals surface area contributed by atoms with Gasteiger partial charge in [-0.1, -0.05) is 12.1 Å². The van der Waals surface area contributed by atoms with Crippen LogP contribution in [0, 0.1) is 5.92 Å². The molecule has 2 unspecified atom stereocenters. The van der Waals surface area contributed by atoms with Crippen molar-refractivity contribution in [3.8, 4) is 5.75 Å². The zero-order valence-corrected chi connectivity index (χ0v) is 13.2. The molecule has 1 aromatic rings. The number of hydrogen-bond acceptors (Lipinski definition) is 3. The van der Waals surface area contributed by atoms with Gasteiger partial charge in [0.1, 0.15) is 11.4 Å². The Morgan fingerprint density at radius 2 is 2.14 bits per heavy atom. The first-order valence-electron chi connectivity index (χ1n) is 7.46. The lowest BCUT2D eigenvalue weighted by Gasteiger charge is -2.26. The first-order valence-corrected chi connectivity index (χ1v) is 7.46. The van der Waals surface area contributed by atoms with Crippen molar-refractivity contribution in [1.82, 2.24) is 4.90 Å². The Kier molecular flexibility index (Phi) is 3.15. The number of amides is 1. The number of nitrogens with zero attached hydrogens (tertiary/aromatic N) is 1. The highest BCUT2D eigenvalue weighted by molar-refractivity contribution is 5.69. The fourth-order valence-corrected chi connectivity index (χ4v) is 3.33. The van der Waals surface area contributed by atoms with Gasteiger partial charge in [0.15, 0.2) is 0 Å². The lowest BCUT2D eigenvalue weighted by molar-refractivity contribution is 0.0270. The Balaban J connectivity index is 1.73. The van der Waals surface area contributed by atoms with Crippen molar-refractivity contribution in [3.05, 3.63) is 29.8 Å². The number of likely N-dealkylation sites (tertiary alicyclic amines) is 1. The summed E-state index contributed by atoms with van der Waals surface area (Å²) in [5.41, 5.74) is 0.955. The number of piperidine rings is 1. The maximum Gasteiger partial charge on any atom is 0.410 e. The molecule has 1 amide bonds. The van der Waals surface area contributed by atoms with E-state index in [0.29, 0.717) is 5.92 Å². The number of benzene rings is 1. The second-order valence-corrected chi connectivity index (χ2v) is 7.15. The summed E-state index contributed by atoms with van der Waals surface area (Å²) in [4.78, 5) is 14.0. The van der Waals surface area contributed by atoms with Crippen molar-refractivity contribution in [3.63, 3.8) is 0 Å². The van der Waals surface area contributed by atoms with Crippen molar-refractivity contribution < 1.29 is 14.3 Å². The lowest BCUT2D eigenvalue weighted by Crippen LogP contribution is -2.37. The van der Waals surface area contributed by atoms with Crippen LogP contribution in [0.5, 0.6) is 5.75 Å². The van der Waals surface area contributed by atoms with E-state index < -0.39 is 5.60 Å². The Bertz CT molecular complexity index is 563. The highest BCUT2D eigenvalue weighted by Gasteiger charge is 2.62. The normalized spacial score (nSPS) is 27.2. The molecule has 0 radical (unpaired) electrons. The van der Waals surface area contributed by atoms with E-state index in [1.54, 1.807) is 7.11 Å². The van der Waals surface area contributed by atoms with Crippen LogP contribution in [0.3, 0.4) is 0 Å². The topological polar surface area (TPSA) is 38.8 Å². The van der Waals surface area contributed by atoms with E-state index in [0.717, 1.165) is 25.3 Å². The number of fused-ring (bicyclic) bond motifs is 1. The summed E-state index contributed by atoms with van der Waals surface area (Å²) in [6.45, 7) is 7.25. The molecule has 0 aromatic heterocycles. The molecule has 114 valence electrons. The molecule has 3 rings (SSSR count). The van der Waals surface area contributed by atoms with Crippen molar-refractivity contribution in [2.24, 2.45) is 5.92 Å². The first-order chi connectivity index (χ1) is 9.84. The SMILES string of the molecule is COc1cccc(C23CC2CN(C(=O)OC(C)(C)C)C3)c1. The van der Waals surface area contributed by atoms with Crippen molar-refractivity contribution in [2.75, 3.05) is 20.2 Å². The Labute approximate surface area is 126 Å². The largest absolute Gasteiger partial charge is 0.497 e. The van der Waals surface area contributed by atoms with E-state index in [1.165, 1.54) is 5.56 Å². The molecule has 4 heteroatoms. The van der Waals surface area contributed by atoms with Crippen molar-refractivity contribution >= 4 is 6.09 Å². The van der Waals surface area contributed by atoms with Gasteiger partial charge >= 0.3 is 6.09 Å². The van der Waals surface area contributed by atoms with Crippen LogP contribution in [0.4, 0.5) is 4.79 Å². The van der Waals surface area contributed by atoms with Gasteiger partial charge in [-0.2, -0.15) is 0 Å². The highest BCUT2D eigenvalue weighted by atomic mass is 16.6. The third-order valence-corrected chi connectivity index (χ3v) is 4.44. The molecule has 4 nitrogen and oxygen atoms in total. The summed E-state index contributed by atoms with van der Waals surface area (Å²) in [5.74, 6) is 1.43. The van der Waals surface area contributed by atoms with Crippen LogP contribution in [0.15, 0.2) is 24.3 Å². The molecule has 1 aromatic carbocycles. The number of carbonyl (C=O) groups is 1. The van der Waals surface area contributed by atoms with Crippen molar-refractivity contribution in [2.45, 2.75) is 38.2 Å². The molecule has 0 bridgehead atoms. The van der Waals surface area contributed by atoms with E-state index in [4.69, 9.17) is 9.47 Å². The van der Waals surface area contributed by atoms with Crippen LogP contribution >= 0.6 is 0 Å². The van der Waals surface area contributed by atoms with Gasteiger partial charge in [-0.3, -0.25) is 0 Å². The summed E-state index contributed by atoms with van der Waals surface area (Å²) in [5, 5.41) is 0. The maximum absolute atomic E-state index is 12.2. The molecule has 2 aliphatic rings. The summed E-state index contributed by atoms with van der Waals surface area (Å²) in [6, 6.07) is 8.21. The number of carbonyl (C=O) groups excluding carboxylic acids is 1. The van der Waals surface area contributed by atoms with E-state index in [9.17, 15) is 4.79 Å². The molecular weight excluding hydrogens is 266 g/mol. The fraction of sp³-hybridized carbons (Fsp3) is 0.588. The minimum atomic E-state index is -0.438. The lowest BCUT2D eigenvalue weighted by atomic mass is 9.95. The molecule has 1 saturated carbocycles. The number of hydrogen-bond donors (Lipinski definition) is 0. The standard InChI is InChI=1S/C17H23NO3/c1-16(2,3)21-15(19)18-10-13-9-17(13,11-18)12-6-5-7-14(8-12)20-4/h5-8,13H,9-11H2,1-4H3. The Hall–Kier alpha value is -1.71. The molecular formula is C17H23NO3. The average molecular weight is 289 g/mol. The average Bonchev–Trinajstić information content (AvgIpc) is 2.99. The van der Waals surface area contributed by atoms with E-state index in [2.05, 4.69) is 12.1 Å². The van der Waals surface area contributed by atoms with Gasteiger partial charge in [-0.25, -0.2) is 4.79 Å². The highest BCUT2D eigenvalue weighted by Crippen LogP contribution is 2.59. The van der Waals surface area contributed by atoms with Crippen LogP contribution < -0.4 is 4.74 Å². The predicted molar refractivity (Wildman–Crippen MR) is 80.6 cm³/mol. The molecule has 1 aliphatic carbocycles. The minimum absolute atomic E-state index is 0.117. The molecule has 2 atom stereocenters. The van der Waals surface area contributed by atoms with E-state index >= 15 is 0 Å². The van der Waals surface area contributed by atoms with Gasteiger partial charge in [0.25, 0.3) is 0 Å². The smallest absolute Gasteiger partial charge is 0.410 e. The number of methoxy groups -OCH3 is 1. The zero-order valence-electron chi connectivity index (χ0n) is 13.2. The Morgan fingerprint density at radius 3 is 2.81 bits per heavy atom. The van der Waals surface area contributed by atoms with Gasteiger partial charge in [0, 0.05) is 18.5 Å². The molecule has 2 fully saturated rings. The minimum Gasteiger partial charge on any atom is -0.497 e. The first kappa shape index (κ1) is 14.2. The quantitative estimate of drug-likeness (QED) is 0.839. The van der Waals surface area contributed by atoms with Crippen LogP contribution in [0.2, 0.25) is 0 Å². The predicted octanol–water partition coefficient (Wildman–Crippen LogP) is 3.20. The Morgan fingerprint density at radius 1 is 1.38 bits per heavy atom. The zero-order chi connectivity index (χ0) is 15.3. The fourth-order valence-electron chi connectivity index (χ4n) is 3.33. The third kappa shape index (κ3) is 2.59. The molecule has 21 heavy (non-hydrogen) atoms. The second kappa shape index (κ2) is 4.65. The van der Waals surface area contributed by atoms with Crippen LogP contribution in [-0.4, -0.2) is 36.8 Å². The van der Waals surface area contributed by atoms with E-state index in [1.807, 2.05) is 37.8 Å². The summed E-state index contributed by atoms with van der Waals surface area (Å²) in [7, 11) is 1.68. The molecule has 1 saturated heterocycles. The van der Waals surface area contributed by atoms with E-state index in [-0.39, 0.29) is 11.5 Å². The van der Waals surface area contributed by atoms with Gasteiger partial charge < -0.3 is 14.4 Å².